The number of methoxy groups -OCH3 is 1. The molecule has 0 radical (unpaired) electrons. The van der Waals surface area contributed by atoms with Gasteiger partial charge in [-0.05, 0) is 24.1 Å². The number of benzene rings is 1. The number of likely N-dealkylation sites (tertiary alicyclic amines) is 1. The summed E-state index contributed by atoms with van der Waals surface area (Å²) in [5.41, 5.74) is 6.27. The second-order valence-corrected chi connectivity index (χ2v) is 5.40. The fourth-order valence-corrected chi connectivity index (χ4v) is 2.15. The minimum Gasteiger partial charge on any atom is -0.494 e. The Morgan fingerprint density at radius 1 is 1.47 bits per heavy atom. The van der Waals surface area contributed by atoms with Gasteiger partial charge >= 0.3 is 0 Å². The molecule has 0 bridgehead atoms. The molecule has 0 spiro atoms. The number of hydrogen-bond donors (Lipinski definition) is 1. The van der Waals surface area contributed by atoms with Crippen molar-refractivity contribution in [2.24, 2.45) is 11.7 Å². The van der Waals surface area contributed by atoms with Gasteiger partial charge in [-0.2, -0.15) is 0 Å². The van der Waals surface area contributed by atoms with Crippen LogP contribution in [-0.2, 0) is 0 Å². The number of ether oxygens (including phenoxy) is 1. The van der Waals surface area contributed by atoms with E-state index in [0.29, 0.717) is 24.6 Å². The van der Waals surface area contributed by atoms with Crippen LogP contribution >= 0.6 is 0 Å². The van der Waals surface area contributed by atoms with E-state index in [4.69, 9.17) is 10.5 Å². The predicted molar refractivity (Wildman–Crippen MR) is 70.6 cm³/mol. The molecule has 4 nitrogen and oxygen atoms in total. The summed E-state index contributed by atoms with van der Waals surface area (Å²) in [7, 11) is 1.37. The number of halogens is 1. The van der Waals surface area contributed by atoms with Crippen molar-refractivity contribution in [3.8, 4) is 5.75 Å². The van der Waals surface area contributed by atoms with Gasteiger partial charge in [-0.1, -0.05) is 13.8 Å². The zero-order valence-corrected chi connectivity index (χ0v) is 11.4. The van der Waals surface area contributed by atoms with Crippen LogP contribution in [0.1, 0.15) is 24.2 Å². The normalized spacial score (nSPS) is 17.3. The Bertz CT molecular complexity index is 496. The molecule has 104 valence electrons. The van der Waals surface area contributed by atoms with E-state index in [2.05, 4.69) is 0 Å². The van der Waals surface area contributed by atoms with Gasteiger partial charge in [0.05, 0.1) is 12.6 Å². The average Bonchev–Trinajstić information content (AvgIpc) is 2.34. The van der Waals surface area contributed by atoms with Gasteiger partial charge < -0.3 is 15.4 Å². The van der Waals surface area contributed by atoms with E-state index in [1.165, 1.54) is 25.3 Å². The molecule has 5 heteroatoms. The molecule has 1 fully saturated rings. The van der Waals surface area contributed by atoms with Crippen LogP contribution in [-0.4, -0.2) is 36.5 Å². The van der Waals surface area contributed by atoms with Crippen LogP contribution in [0.2, 0.25) is 0 Å². The second kappa shape index (κ2) is 4.81. The summed E-state index contributed by atoms with van der Waals surface area (Å²) in [5, 5.41) is 0. The first-order valence-electron chi connectivity index (χ1n) is 6.29. The largest absolute Gasteiger partial charge is 0.494 e. The monoisotopic (exact) mass is 266 g/mol. The fourth-order valence-electron chi connectivity index (χ4n) is 2.15. The number of carbonyl (C=O) groups is 1. The first-order valence-corrected chi connectivity index (χ1v) is 6.29. The molecular weight excluding hydrogens is 247 g/mol. The smallest absolute Gasteiger partial charge is 0.254 e. The lowest BCUT2D eigenvalue weighted by molar-refractivity contribution is 0.0274. The summed E-state index contributed by atoms with van der Waals surface area (Å²) in [6.45, 7) is 5.15. The number of nitrogens with zero attached hydrogens (tertiary/aromatic N) is 1. The lowest BCUT2D eigenvalue weighted by Crippen LogP contribution is -2.71. The molecule has 1 heterocycles. The zero-order chi connectivity index (χ0) is 14.2. The molecule has 2 N–H and O–H groups in total. The van der Waals surface area contributed by atoms with Gasteiger partial charge in [0.1, 0.15) is 0 Å². The van der Waals surface area contributed by atoms with Gasteiger partial charge in [0.25, 0.3) is 5.91 Å². The quantitative estimate of drug-likeness (QED) is 0.905. The molecule has 1 aromatic rings. The zero-order valence-electron chi connectivity index (χ0n) is 11.4. The first kappa shape index (κ1) is 13.8. The predicted octanol–water partition coefficient (Wildman–Crippen LogP) is 1.64. The number of hydrogen-bond acceptors (Lipinski definition) is 3. The van der Waals surface area contributed by atoms with Gasteiger partial charge in [0, 0.05) is 18.7 Å². The van der Waals surface area contributed by atoms with Crippen LogP contribution in [0.4, 0.5) is 4.39 Å². The van der Waals surface area contributed by atoms with E-state index in [1.807, 2.05) is 13.8 Å². The van der Waals surface area contributed by atoms with Gasteiger partial charge in [0.2, 0.25) is 0 Å². The molecule has 0 saturated carbocycles. The Labute approximate surface area is 112 Å². The fraction of sp³-hybridized carbons (Fsp3) is 0.500. The molecule has 1 amide bonds. The van der Waals surface area contributed by atoms with Crippen molar-refractivity contribution in [3.63, 3.8) is 0 Å². The van der Waals surface area contributed by atoms with E-state index in [1.54, 1.807) is 4.90 Å². The standard InChI is InChI=1S/C14H19FN2O2/c1-9(2)14(16)7-17(8-14)13(18)10-4-5-11(15)12(6-10)19-3/h4-6,9H,7-8,16H2,1-3H3. The summed E-state index contributed by atoms with van der Waals surface area (Å²) in [6, 6.07) is 4.12. The Morgan fingerprint density at radius 2 is 2.11 bits per heavy atom. The van der Waals surface area contributed by atoms with Crippen molar-refractivity contribution < 1.29 is 13.9 Å². The van der Waals surface area contributed by atoms with E-state index in [-0.39, 0.29) is 17.2 Å². The Kier molecular flexibility index (Phi) is 3.49. The molecule has 19 heavy (non-hydrogen) atoms. The molecule has 0 atom stereocenters. The van der Waals surface area contributed by atoms with Crippen LogP contribution in [0.15, 0.2) is 18.2 Å². The topological polar surface area (TPSA) is 55.6 Å². The van der Waals surface area contributed by atoms with E-state index in [9.17, 15) is 9.18 Å². The van der Waals surface area contributed by atoms with Crippen molar-refractivity contribution in [2.45, 2.75) is 19.4 Å². The van der Waals surface area contributed by atoms with Crippen LogP contribution in [0.5, 0.6) is 5.75 Å². The van der Waals surface area contributed by atoms with E-state index in [0.717, 1.165) is 0 Å². The highest BCUT2D eigenvalue weighted by Gasteiger charge is 2.44. The molecule has 0 aliphatic carbocycles. The van der Waals surface area contributed by atoms with Gasteiger partial charge in [-0.15, -0.1) is 0 Å². The van der Waals surface area contributed by atoms with Crippen LogP contribution in [0.3, 0.4) is 0 Å². The third-order valence-electron chi connectivity index (χ3n) is 3.81. The molecule has 1 aromatic carbocycles. The van der Waals surface area contributed by atoms with Crippen molar-refractivity contribution in [1.82, 2.24) is 4.90 Å². The lowest BCUT2D eigenvalue weighted by atomic mass is 9.80. The van der Waals surface area contributed by atoms with Crippen LogP contribution in [0.25, 0.3) is 0 Å². The molecule has 0 aromatic heterocycles. The minimum atomic E-state index is -0.474. The summed E-state index contributed by atoms with van der Waals surface area (Å²) >= 11 is 0. The molecule has 1 aliphatic rings. The van der Waals surface area contributed by atoms with E-state index < -0.39 is 5.82 Å². The highest BCUT2D eigenvalue weighted by atomic mass is 19.1. The highest BCUT2D eigenvalue weighted by molar-refractivity contribution is 5.95. The van der Waals surface area contributed by atoms with Gasteiger partial charge in [-0.3, -0.25) is 4.79 Å². The molecule has 2 rings (SSSR count). The SMILES string of the molecule is COc1cc(C(=O)N2CC(N)(C(C)C)C2)ccc1F. The molecule has 1 saturated heterocycles. The second-order valence-electron chi connectivity index (χ2n) is 5.40. The summed E-state index contributed by atoms with van der Waals surface area (Å²) in [6.07, 6.45) is 0. The number of rotatable bonds is 3. The maximum atomic E-state index is 13.3. The van der Waals surface area contributed by atoms with Crippen LogP contribution in [0, 0.1) is 11.7 Å². The number of amides is 1. The third kappa shape index (κ3) is 2.42. The van der Waals surface area contributed by atoms with Crippen LogP contribution < -0.4 is 10.5 Å². The molecule has 1 aliphatic heterocycles. The average molecular weight is 266 g/mol. The van der Waals surface area contributed by atoms with Crippen molar-refractivity contribution >= 4 is 5.91 Å². The maximum Gasteiger partial charge on any atom is 0.254 e. The Hall–Kier alpha value is -1.62. The van der Waals surface area contributed by atoms with Crippen molar-refractivity contribution in [2.75, 3.05) is 20.2 Å². The highest BCUT2D eigenvalue weighted by Crippen LogP contribution is 2.28. The minimum absolute atomic E-state index is 0.0780. The number of nitrogens with two attached hydrogens (primary N) is 1. The Morgan fingerprint density at radius 3 is 2.63 bits per heavy atom. The first-order chi connectivity index (χ1) is 8.87. The molecule has 0 unspecified atom stereocenters. The summed E-state index contributed by atoms with van der Waals surface area (Å²) in [4.78, 5) is 13.9. The third-order valence-corrected chi connectivity index (χ3v) is 3.81. The van der Waals surface area contributed by atoms with Gasteiger partial charge in [-0.25, -0.2) is 4.39 Å². The van der Waals surface area contributed by atoms with Crippen molar-refractivity contribution in [1.29, 1.82) is 0 Å². The molecular formula is C14H19FN2O2. The summed E-state index contributed by atoms with van der Waals surface area (Å²) in [5.74, 6) is -0.216. The van der Waals surface area contributed by atoms with Crippen molar-refractivity contribution in [3.05, 3.63) is 29.6 Å². The Balaban J connectivity index is 2.10. The summed E-state index contributed by atoms with van der Waals surface area (Å²) < 4.78 is 18.2. The maximum absolute atomic E-state index is 13.3. The lowest BCUT2D eigenvalue weighted by Gasteiger charge is -2.50. The van der Waals surface area contributed by atoms with Gasteiger partial charge in [0.15, 0.2) is 11.6 Å². The number of carbonyl (C=O) groups excluding carboxylic acids is 1. The van der Waals surface area contributed by atoms with E-state index >= 15 is 0 Å².